The Balaban J connectivity index is 2.97. The zero-order valence-electron chi connectivity index (χ0n) is 9.24. The molecule has 0 bridgehead atoms. The van der Waals surface area contributed by atoms with Crippen LogP contribution >= 0.6 is 27.5 Å². The Morgan fingerprint density at radius 1 is 1.47 bits per heavy atom. The van der Waals surface area contributed by atoms with E-state index in [2.05, 4.69) is 15.9 Å². The average molecular weight is 320 g/mol. The normalized spacial score (nSPS) is 10.1. The Kier molecular flexibility index (Phi) is 4.96. The maximum Gasteiger partial charge on any atom is 0.255 e. The Labute approximate surface area is 113 Å². The lowest BCUT2D eigenvalue weighted by atomic mass is 10.2. The van der Waals surface area contributed by atoms with Crippen LogP contribution in [0.5, 0.6) is 0 Å². The van der Waals surface area contributed by atoms with E-state index >= 15 is 0 Å². The number of amides is 2. The first-order chi connectivity index (χ1) is 7.95. The van der Waals surface area contributed by atoms with E-state index in [1.165, 1.54) is 4.90 Å². The predicted molar refractivity (Wildman–Crippen MR) is 69.9 cm³/mol. The predicted octanol–water partition coefficient (Wildman–Crippen LogP) is 2.05. The molecule has 1 rings (SSSR count). The number of hydrogen-bond donors (Lipinski definition) is 1. The van der Waals surface area contributed by atoms with Crippen molar-refractivity contribution < 1.29 is 9.59 Å². The molecule has 0 heterocycles. The zero-order valence-corrected chi connectivity index (χ0v) is 11.6. The van der Waals surface area contributed by atoms with Gasteiger partial charge in [-0.1, -0.05) is 11.6 Å². The summed E-state index contributed by atoms with van der Waals surface area (Å²) < 4.78 is 0.595. The van der Waals surface area contributed by atoms with Gasteiger partial charge in [0.1, 0.15) is 0 Å². The van der Waals surface area contributed by atoms with Gasteiger partial charge in [-0.2, -0.15) is 0 Å². The minimum Gasteiger partial charge on any atom is -0.368 e. The highest BCUT2D eigenvalue weighted by molar-refractivity contribution is 9.10. The fraction of sp³-hybridized carbons (Fsp3) is 0.273. The molecule has 4 nitrogen and oxygen atoms in total. The quantitative estimate of drug-likeness (QED) is 0.923. The molecular formula is C11H12BrClN2O2. The van der Waals surface area contributed by atoms with E-state index in [1.54, 1.807) is 25.1 Å². The van der Waals surface area contributed by atoms with Crippen LogP contribution < -0.4 is 5.73 Å². The summed E-state index contributed by atoms with van der Waals surface area (Å²) in [6.07, 6.45) is 0. The largest absolute Gasteiger partial charge is 0.368 e. The van der Waals surface area contributed by atoms with Gasteiger partial charge in [0.05, 0.1) is 12.1 Å². The third-order valence-corrected chi connectivity index (χ3v) is 3.07. The molecule has 0 aliphatic carbocycles. The van der Waals surface area contributed by atoms with Crippen molar-refractivity contribution in [2.24, 2.45) is 5.73 Å². The first kappa shape index (κ1) is 14.0. The lowest BCUT2D eigenvalue weighted by Gasteiger charge is -2.19. The summed E-state index contributed by atoms with van der Waals surface area (Å²) in [5.74, 6) is -0.792. The average Bonchev–Trinajstić information content (AvgIpc) is 2.24. The van der Waals surface area contributed by atoms with Crippen molar-refractivity contribution in [3.8, 4) is 0 Å². The van der Waals surface area contributed by atoms with E-state index in [4.69, 9.17) is 17.3 Å². The number of halogens is 2. The second-order valence-corrected chi connectivity index (χ2v) is 4.70. The van der Waals surface area contributed by atoms with Crippen molar-refractivity contribution in [2.75, 3.05) is 13.1 Å². The van der Waals surface area contributed by atoms with Crippen LogP contribution in [0, 0.1) is 0 Å². The number of hydrogen-bond acceptors (Lipinski definition) is 2. The van der Waals surface area contributed by atoms with Crippen LogP contribution in [0.1, 0.15) is 17.3 Å². The Bertz CT molecular complexity index is 451. The number of benzene rings is 1. The van der Waals surface area contributed by atoms with Gasteiger partial charge in [-0.25, -0.2) is 0 Å². The summed E-state index contributed by atoms with van der Waals surface area (Å²) in [6, 6.07) is 4.86. The molecule has 0 saturated carbocycles. The van der Waals surface area contributed by atoms with Crippen molar-refractivity contribution in [3.05, 3.63) is 33.3 Å². The van der Waals surface area contributed by atoms with E-state index in [-0.39, 0.29) is 12.5 Å². The molecule has 0 radical (unpaired) electrons. The van der Waals surface area contributed by atoms with Gasteiger partial charge in [0.2, 0.25) is 5.91 Å². The molecular weight excluding hydrogens is 307 g/mol. The van der Waals surface area contributed by atoms with Crippen LogP contribution in [0.25, 0.3) is 0 Å². The van der Waals surface area contributed by atoms with E-state index in [0.717, 1.165) is 0 Å². The molecule has 1 aromatic carbocycles. The fourth-order valence-corrected chi connectivity index (χ4v) is 2.20. The number of carbonyl (C=O) groups excluding carboxylic acids is 2. The maximum absolute atomic E-state index is 12.1. The number of rotatable bonds is 4. The van der Waals surface area contributed by atoms with Crippen LogP contribution in [0.3, 0.4) is 0 Å². The van der Waals surface area contributed by atoms with Crippen molar-refractivity contribution in [1.82, 2.24) is 4.90 Å². The smallest absolute Gasteiger partial charge is 0.255 e. The molecule has 0 atom stereocenters. The first-order valence-corrected chi connectivity index (χ1v) is 6.15. The van der Waals surface area contributed by atoms with Crippen molar-refractivity contribution in [1.29, 1.82) is 0 Å². The van der Waals surface area contributed by atoms with Crippen LogP contribution in [-0.4, -0.2) is 29.8 Å². The molecule has 2 N–H and O–H groups in total. The number of nitrogens with two attached hydrogens (primary N) is 1. The molecule has 1 aromatic rings. The van der Waals surface area contributed by atoms with Gasteiger partial charge in [0, 0.05) is 16.0 Å². The number of likely N-dealkylation sites (N-methyl/N-ethyl adjacent to an activating group) is 1. The minimum atomic E-state index is -0.537. The fourth-order valence-electron chi connectivity index (χ4n) is 1.35. The van der Waals surface area contributed by atoms with Gasteiger partial charge in [-0.3, -0.25) is 9.59 Å². The van der Waals surface area contributed by atoms with Crippen LogP contribution in [0.2, 0.25) is 5.02 Å². The number of nitrogens with zero attached hydrogens (tertiary/aromatic N) is 1. The van der Waals surface area contributed by atoms with Crippen molar-refractivity contribution >= 4 is 39.3 Å². The van der Waals surface area contributed by atoms with E-state index in [1.807, 2.05) is 0 Å². The molecule has 0 aliphatic rings. The molecule has 6 heteroatoms. The zero-order chi connectivity index (χ0) is 13.0. The third kappa shape index (κ3) is 3.71. The molecule has 92 valence electrons. The highest BCUT2D eigenvalue weighted by Crippen LogP contribution is 2.22. The molecule has 0 saturated heterocycles. The molecule has 0 fully saturated rings. The highest BCUT2D eigenvalue weighted by Gasteiger charge is 2.18. The molecule has 17 heavy (non-hydrogen) atoms. The second-order valence-electron chi connectivity index (χ2n) is 3.41. The number of carbonyl (C=O) groups is 2. The maximum atomic E-state index is 12.1. The van der Waals surface area contributed by atoms with Crippen LogP contribution in [0.15, 0.2) is 22.7 Å². The topological polar surface area (TPSA) is 63.4 Å². The third-order valence-electron chi connectivity index (χ3n) is 2.18. The standard InChI is InChI=1S/C11H12BrClN2O2/c1-2-15(6-10(14)16)11(17)8-4-3-7(13)5-9(8)12/h3-5H,2,6H2,1H3,(H2,14,16). The van der Waals surface area contributed by atoms with Gasteiger partial charge in [-0.15, -0.1) is 0 Å². The summed E-state index contributed by atoms with van der Waals surface area (Å²) in [5, 5.41) is 0.534. The summed E-state index contributed by atoms with van der Waals surface area (Å²) in [7, 11) is 0. The minimum absolute atomic E-state index is 0.0929. The van der Waals surface area contributed by atoms with E-state index < -0.39 is 5.91 Å². The molecule has 2 amide bonds. The van der Waals surface area contributed by atoms with Crippen LogP contribution in [0.4, 0.5) is 0 Å². The highest BCUT2D eigenvalue weighted by atomic mass is 79.9. The van der Waals surface area contributed by atoms with Crippen LogP contribution in [-0.2, 0) is 4.79 Å². The lowest BCUT2D eigenvalue weighted by molar-refractivity contribution is -0.118. The van der Waals surface area contributed by atoms with Gasteiger partial charge in [0.15, 0.2) is 0 Å². The lowest BCUT2D eigenvalue weighted by Crippen LogP contribution is -2.38. The molecule has 0 unspecified atom stereocenters. The SMILES string of the molecule is CCN(CC(N)=O)C(=O)c1ccc(Cl)cc1Br. The Morgan fingerprint density at radius 2 is 2.12 bits per heavy atom. The number of primary amides is 1. The van der Waals surface area contributed by atoms with Gasteiger partial charge in [0.25, 0.3) is 5.91 Å². The monoisotopic (exact) mass is 318 g/mol. The van der Waals surface area contributed by atoms with Crippen molar-refractivity contribution in [2.45, 2.75) is 6.92 Å². The Hall–Kier alpha value is -1.07. The molecule has 0 aliphatic heterocycles. The van der Waals surface area contributed by atoms with E-state index in [9.17, 15) is 9.59 Å². The van der Waals surface area contributed by atoms with E-state index in [0.29, 0.717) is 21.6 Å². The summed E-state index contributed by atoms with van der Waals surface area (Å²) in [4.78, 5) is 24.3. The van der Waals surface area contributed by atoms with Gasteiger partial charge in [-0.05, 0) is 41.1 Å². The summed E-state index contributed by atoms with van der Waals surface area (Å²) >= 11 is 9.05. The van der Waals surface area contributed by atoms with Gasteiger partial charge < -0.3 is 10.6 Å². The first-order valence-electron chi connectivity index (χ1n) is 4.98. The molecule has 0 aromatic heterocycles. The second kappa shape index (κ2) is 6.02. The summed E-state index contributed by atoms with van der Waals surface area (Å²) in [5.41, 5.74) is 5.54. The molecule has 0 spiro atoms. The Morgan fingerprint density at radius 3 is 2.59 bits per heavy atom. The van der Waals surface area contributed by atoms with Gasteiger partial charge >= 0.3 is 0 Å². The summed E-state index contributed by atoms with van der Waals surface area (Å²) in [6.45, 7) is 2.10. The van der Waals surface area contributed by atoms with Crippen molar-refractivity contribution in [3.63, 3.8) is 0 Å².